The van der Waals surface area contributed by atoms with Crippen molar-refractivity contribution in [3.63, 3.8) is 0 Å². The molecule has 0 bridgehead atoms. The Balaban J connectivity index is 2.01. The minimum Gasteiger partial charge on any atom is -0.489 e. The molecule has 0 aliphatic rings. The monoisotopic (exact) mass is 398 g/mol. The summed E-state index contributed by atoms with van der Waals surface area (Å²) in [6, 6.07) is 13.6. The van der Waals surface area contributed by atoms with Crippen molar-refractivity contribution in [1.29, 1.82) is 0 Å². The largest absolute Gasteiger partial charge is 0.489 e. The van der Waals surface area contributed by atoms with E-state index in [1.54, 1.807) is 0 Å². The van der Waals surface area contributed by atoms with E-state index >= 15 is 0 Å². The van der Waals surface area contributed by atoms with E-state index in [4.69, 9.17) is 4.74 Å². The second-order valence-electron chi connectivity index (χ2n) is 7.59. The van der Waals surface area contributed by atoms with Crippen molar-refractivity contribution >= 4 is 5.57 Å². The Hall–Kier alpha value is -2.14. The van der Waals surface area contributed by atoms with Gasteiger partial charge in [0.25, 0.3) is 0 Å². The maximum Gasteiger partial charge on any atom is 0.120 e. The number of aliphatic hydroxyl groups is 3. The molecular weight excluding hydrogens is 364 g/mol. The second-order valence-corrected chi connectivity index (χ2v) is 7.59. The summed E-state index contributed by atoms with van der Waals surface area (Å²) >= 11 is 0. The van der Waals surface area contributed by atoms with Crippen LogP contribution in [-0.4, -0.2) is 20.9 Å². The van der Waals surface area contributed by atoms with Gasteiger partial charge in [0.05, 0.1) is 18.8 Å². The third-order valence-corrected chi connectivity index (χ3v) is 5.68. The highest BCUT2D eigenvalue weighted by molar-refractivity contribution is 5.64. The molecule has 0 saturated heterocycles. The lowest BCUT2D eigenvalue weighted by atomic mass is 9.91. The van der Waals surface area contributed by atoms with Crippen LogP contribution in [0.25, 0.3) is 5.57 Å². The average molecular weight is 399 g/mol. The van der Waals surface area contributed by atoms with Crippen LogP contribution in [0.3, 0.4) is 0 Å². The number of hydrogen-bond acceptors (Lipinski definition) is 4. The van der Waals surface area contributed by atoms with Gasteiger partial charge in [-0.05, 0) is 78.6 Å². The Morgan fingerprint density at radius 1 is 1.00 bits per heavy atom. The molecule has 0 heterocycles. The first-order chi connectivity index (χ1) is 13.9. The molecular formula is C25H34O4. The molecule has 0 unspecified atom stereocenters. The normalized spacial score (nSPS) is 12.3. The van der Waals surface area contributed by atoms with Crippen molar-refractivity contribution in [1.82, 2.24) is 0 Å². The topological polar surface area (TPSA) is 69.9 Å². The summed E-state index contributed by atoms with van der Waals surface area (Å²) in [4.78, 5) is 0. The first-order valence-electron chi connectivity index (χ1n) is 10.4. The maximum atomic E-state index is 10.4. The highest BCUT2D eigenvalue weighted by Crippen LogP contribution is 2.25. The van der Waals surface area contributed by atoms with Crippen LogP contribution in [0.5, 0.6) is 5.75 Å². The summed E-state index contributed by atoms with van der Waals surface area (Å²) in [6.45, 7) is 6.35. The lowest BCUT2D eigenvalue weighted by Gasteiger charge is -2.24. The summed E-state index contributed by atoms with van der Waals surface area (Å²) < 4.78 is 5.94. The van der Waals surface area contributed by atoms with Crippen LogP contribution < -0.4 is 4.74 Å². The summed E-state index contributed by atoms with van der Waals surface area (Å²) in [5.41, 5.74) is 4.10. The van der Waals surface area contributed by atoms with Crippen molar-refractivity contribution < 1.29 is 20.1 Å². The zero-order valence-electron chi connectivity index (χ0n) is 17.8. The zero-order chi connectivity index (χ0) is 21.3. The van der Waals surface area contributed by atoms with E-state index in [0.29, 0.717) is 6.61 Å². The standard InChI is InChI=1S/C25H34O4/c1-4-25(28,5-2)13-7-8-19(3)21-9-6-10-24(15-21)29-18-20-11-12-22(16-26)23(14-20)17-27/h6,8-12,14-15,26-28H,4-5,7,13,16-18H2,1-3H3/b19-8+. The highest BCUT2D eigenvalue weighted by Gasteiger charge is 2.20. The minimum absolute atomic E-state index is 0.0847. The molecule has 0 aliphatic carbocycles. The fourth-order valence-corrected chi connectivity index (χ4v) is 3.35. The van der Waals surface area contributed by atoms with Gasteiger partial charge in [0.15, 0.2) is 0 Å². The Bertz CT molecular complexity index is 806. The fourth-order valence-electron chi connectivity index (χ4n) is 3.35. The van der Waals surface area contributed by atoms with Gasteiger partial charge in [0.1, 0.15) is 12.4 Å². The van der Waals surface area contributed by atoms with Crippen molar-refractivity contribution in [3.8, 4) is 5.75 Å². The number of aliphatic hydroxyl groups excluding tert-OH is 2. The van der Waals surface area contributed by atoms with Gasteiger partial charge in [0, 0.05) is 0 Å². The molecule has 0 aromatic heterocycles. The van der Waals surface area contributed by atoms with E-state index < -0.39 is 5.60 Å². The molecule has 0 atom stereocenters. The van der Waals surface area contributed by atoms with E-state index in [0.717, 1.165) is 53.7 Å². The first kappa shape index (κ1) is 23.1. The van der Waals surface area contributed by atoms with Gasteiger partial charge in [-0.1, -0.05) is 44.2 Å². The number of ether oxygens (including phenoxy) is 1. The highest BCUT2D eigenvalue weighted by atomic mass is 16.5. The van der Waals surface area contributed by atoms with E-state index in [1.807, 2.05) is 50.2 Å². The van der Waals surface area contributed by atoms with Gasteiger partial charge >= 0.3 is 0 Å². The zero-order valence-corrected chi connectivity index (χ0v) is 17.8. The van der Waals surface area contributed by atoms with Crippen molar-refractivity contribution in [3.05, 3.63) is 70.8 Å². The molecule has 2 aromatic carbocycles. The number of allylic oxidation sites excluding steroid dienone is 2. The minimum atomic E-state index is -0.569. The van der Waals surface area contributed by atoms with E-state index in [2.05, 4.69) is 19.1 Å². The van der Waals surface area contributed by atoms with Crippen molar-refractivity contribution in [2.24, 2.45) is 0 Å². The molecule has 0 spiro atoms. The van der Waals surface area contributed by atoms with E-state index in [-0.39, 0.29) is 13.2 Å². The Kier molecular flexibility index (Phi) is 8.90. The van der Waals surface area contributed by atoms with Gasteiger partial charge in [-0.2, -0.15) is 0 Å². The van der Waals surface area contributed by atoms with Crippen LogP contribution >= 0.6 is 0 Å². The predicted octanol–water partition coefficient (Wildman–Crippen LogP) is 4.98. The summed E-state index contributed by atoms with van der Waals surface area (Å²) in [5.74, 6) is 0.783. The lowest BCUT2D eigenvalue weighted by molar-refractivity contribution is 0.0246. The van der Waals surface area contributed by atoms with Crippen molar-refractivity contribution in [2.45, 2.75) is 71.9 Å². The van der Waals surface area contributed by atoms with Crippen molar-refractivity contribution in [2.75, 3.05) is 0 Å². The molecule has 0 fully saturated rings. The van der Waals surface area contributed by atoms with Crippen LogP contribution in [0.15, 0.2) is 48.5 Å². The molecule has 4 heteroatoms. The van der Waals surface area contributed by atoms with Crippen LogP contribution in [0.4, 0.5) is 0 Å². The molecule has 3 N–H and O–H groups in total. The van der Waals surface area contributed by atoms with Crippen LogP contribution in [0.1, 0.15) is 68.7 Å². The predicted molar refractivity (Wildman–Crippen MR) is 117 cm³/mol. The Morgan fingerprint density at radius 3 is 2.38 bits per heavy atom. The molecule has 0 amide bonds. The Morgan fingerprint density at radius 2 is 1.72 bits per heavy atom. The number of rotatable bonds is 11. The molecule has 0 aliphatic heterocycles. The molecule has 158 valence electrons. The molecule has 4 nitrogen and oxygen atoms in total. The quantitative estimate of drug-likeness (QED) is 0.499. The third-order valence-electron chi connectivity index (χ3n) is 5.68. The fraction of sp³-hybridized carbons (Fsp3) is 0.440. The van der Waals surface area contributed by atoms with E-state index in [1.165, 1.54) is 5.57 Å². The SMILES string of the molecule is CCC(O)(CC)CC/C=C(\C)c1cccc(OCc2ccc(CO)c(CO)c2)c1. The molecule has 0 radical (unpaired) electrons. The summed E-state index contributed by atoms with van der Waals surface area (Å²) in [5, 5.41) is 29.2. The Labute approximate surface area is 174 Å². The van der Waals surface area contributed by atoms with Crippen LogP contribution in [-0.2, 0) is 19.8 Å². The summed E-state index contributed by atoms with van der Waals surface area (Å²) in [7, 11) is 0. The maximum absolute atomic E-state index is 10.4. The molecule has 2 rings (SSSR count). The number of hydrogen-bond donors (Lipinski definition) is 3. The van der Waals surface area contributed by atoms with Crippen LogP contribution in [0, 0.1) is 0 Å². The average Bonchev–Trinajstić information content (AvgIpc) is 2.77. The van der Waals surface area contributed by atoms with Gasteiger partial charge in [-0.3, -0.25) is 0 Å². The molecule has 29 heavy (non-hydrogen) atoms. The molecule has 2 aromatic rings. The number of benzene rings is 2. The van der Waals surface area contributed by atoms with Gasteiger partial charge in [-0.25, -0.2) is 0 Å². The van der Waals surface area contributed by atoms with Crippen LogP contribution in [0.2, 0.25) is 0 Å². The van der Waals surface area contributed by atoms with Gasteiger partial charge in [-0.15, -0.1) is 0 Å². The third kappa shape index (κ3) is 6.70. The van der Waals surface area contributed by atoms with Gasteiger partial charge in [0.2, 0.25) is 0 Å². The van der Waals surface area contributed by atoms with E-state index in [9.17, 15) is 15.3 Å². The first-order valence-corrected chi connectivity index (χ1v) is 10.4. The second kappa shape index (κ2) is 11.1. The summed E-state index contributed by atoms with van der Waals surface area (Å²) in [6.07, 6.45) is 5.34. The van der Waals surface area contributed by atoms with Gasteiger partial charge < -0.3 is 20.1 Å². The molecule has 0 saturated carbocycles. The lowest BCUT2D eigenvalue weighted by Crippen LogP contribution is -2.25. The smallest absolute Gasteiger partial charge is 0.120 e.